The molecule has 2 aromatic heterocycles. The average Bonchev–Trinajstić information content (AvgIpc) is 3.00. The molecule has 0 spiro atoms. The van der Waals surface area contributed by atoms with E-state index in [-0.39, 0.29) is 11.7 Å². The van der Waals surface area contributed by atoms with E-state index in [2.05, 4.69) is 15.6 Å². The Bertz CT molecular complexity index is 963. The van der Waals surface area contributed by atoms with E-state index in [0.29, 0.717) is 17.0 Å². The van der Waals surface area contributed by atoms with Crippen molar-refractivity contribution in [2.24, 2.45) is 0 Å². The van der Waals surface area contributed by atoms with E-state index in [1.165, 1.54) is 24.3 Å². The van der Waals surface area contributed by atoms with Gasteiger partial charge in [0, 0.05) is 17.7 Å². The fourth-order valence-corrected chi connectivity index (χ4v) is 2.24. The molecule has 0 bridgehead atoms. The van der Waals surface area contributed by atoms with Crippen molar-refractivity contribution in [1.82, 2.24) is 14.9 Å². The SMILES string of the molecule is Cc1cc(NC(=O)C(C)n2nc(-c3ccc(F)cc3)ccc2=O)on1. The molecule has 0 saturated heterocycles. The molecule has 3 aromatic rings. The van der Waals surface area contributed by atoms with Crippen LogP contribution in [0.25, 0.3) is 11.3 Å². The number of nitrogens with one attached hydrogen (secondary N) is 1. The number of aromatic nitrogens is 3. The van der Waals surface area contributed by atoms with Crippen LogP contribution in [0.1, 0.15) is 18.7 Å². The van der Waals surface area contributed by atoms with Crippen LogP contribution < -0.4 is 10.9 Å². The Balaban J connectivity index is 1.87. The summed E-state index contributed by atoms with van der Waals surface area (Å²) in [5.74, 6) is -0.647. The summed E-state index contributed by atoms with van der Waals surface area (Å²) in [6.07, 6.45) is 0. The molecule has 1 aromatic carbocycles. The van der Waals surface area contributed by atoms with Gasteiger partial charge in [-0.15, -0.1) is 0 Å². The predicted octanol–water partition coefficient (Wildman–Crippen LogP) is 2.55. The summed E-state index contributed by atoms with van der Waals surface area (Å²) < 4.78 is 19.0. The number of anilines is 1. The maximum Gasteiger partial charge on any atom is 0.267 e. The summed E-state index contributed by atoms with van der Waals surface area (Å²) in [4.78, 5) is 24.4. The maximum atomic E-state index is 13.0. The van der Waals surface area contributed by atoms with Crippen molar-refractivity contribution < 1.29 is 13.7 Å². The summed E-state index contributed by atoms with van der Waals surface area (Å²) in [5.41, 5.74) is 1.28. The molecule has 0 aliphatic heterocycles. The summed E-state index contributed by atoms with van der Waals surface area (Å²) >= 11 is 0. The number of rotatable bonds is 4. The second kappa shape index (κ2) is 6.68. The third kappa shape index (κ3) is 3.63. The van der Waals surface area contributed by atoms with E-state index < -0.39 is 17.5 Å². The predicted molar refractivity (Wildman–Crippen MR) is 88.5 cm³/mol. The van der Waals surface area contributed by atoms with Gasteiger partial charge in [-0.25, -0.2) is 9.07 Å². The zero-order valence-electron chi connectivity index (χ0n) is 13.6. The first-order valence-corrected chi connectivity index (χ1v) is 7.54. The normalized spacial score (nSPS) is 12.0. The van der Waals surface area contributed by atoms with Gasteiger partial charge in [-0.3, -0.25) is 14.9 Å². The zero-order valence-corrected chi connectivity index (χ0v) is 13.6. The smallest absolute Gasteiger partial charge is 0.267 e. The minimum atomic E-state index is -0.877. The van der Waals surface area contributed by atoms with Gasteiger partial charge >= 0.3 is 0 Å². The van der Waals surface area contributed by atoms with Crippen molar-refractivity contribution in [2.45, 2.75) is 19.9 Å². The molecule has 1 atom stereocenters. The van der Waals surface area contributed by atoms with E-state index in [9.17, 15) is 14.0 Å². The molecule has 0 aliphatic rings. The molecule has 25 heavy (non-hydrogen) atoms. The quantitative estimate of drug-likeness (QED) is 0.787. The lowest BCUT2D eigenvalue weighted by atomic mass is 10.1. The summed E-state index contributed by atoms with van der Waals surface area (Å²) in [6.45, 7) is 3.27. The molecule has 0 fully saturated rings. The summed E-state index contributed by atoms with van der Waals surface area (Å²) in [5, 5.41) is 10.4. The summed E-state index contributed by atoms with van der Waals surface area (Å²) in [6, 6.07) is 9.23. The molecular formula is C17H15FN4O3. The maximum absolute atomic E-state index is 13.0. The van der Waals surface area contributed by atoms with Gasteiger partial charge < -0.3 is 4.52 Å². The first kappa shape index (κ1) is 16.6. The molecule has 2 heterocycles. The first-order valence-electron chi connectivity index (χ1n) is 7.54. The van der Waals surface area contributed by atoms with Gasteiger partial charge in [-0.2, -0.15) is 5.10 Å². The van der Waals surface area contributed by atoms with Crippen LogP contribution in [0.2, 0.25) is 0 Å². The van der Waals surface area contributed by atoms with Crippen LogP contribution in [0, 0.1) is 12.7 Å². The van der Waals surface area contributed by atoms with Gasteiger partial charge in [0.25, 0.3) is 11.5 Å². The second-order valence-electron chi connectivity index (χ2n) is 5.51. The highest BCUT2D eigenvalue weighted by Gasteiger charge is 2.19. The molecule has 128 valence electrons. The number of hydrogen-bond acceptors (Lipinski definition) is 5. The first-order chi connectivity index (χ1) is 11.9. The number of nitrogens with zero attached hydrogens (tertiary/aromatic N) is 3. The highest BCUT2D eigenvalue weighted by Crippen LogP contribution is 2.17. The molecule has 0 aliphatic carbocycles. The zero-order chi connectivity index (χ0) is 18.0. The number of amides is 1. The van der Waals surface area contributed by atoms with Gasteiger partial charge in [-0.1, -0.05) is 5.16 Å². The Morgan fingerprint density at radius 1 is 1.24 bits per heavy atom. The average molecular weight is 342 g/mol. The van der Waals surface area contributed by atoms with Crippen LogP contribution >= 0.6 is 0 Å². The van der Waals surface area contributed by atoms with Crippen molar-refractivity contribution in [3.8, 4) is 11.3 Å². The summed E-state index contributed by atoms with van der Waals surface area (Å²) in [7, 11) is 0. The molecule has 1 unspecified atom stereocenters. The molecule has 0 saturated carbocycles. The van der Waals surface area contributed by atoms with Crippen LogP contribution in [0.15, 0.2) is 51.8 Å². The van der Waals surface area contributed by atoms with Crippen LogP contribution in [0.5, 0.6) is 0 Å². The molecule has 0 radical (unpaired) electrons. The van der Waals surface area contributed by atoms with Gasteiger partial charge in [0.05, 0.1) is 11.4 Å². The van der Waals surface area contributed by atoms with Crippen LogP contribution in [-0.4, -0.2) is 20.8 Å². The largest absolute Gasteiger partial charge is 0.338 e. The number of hydrogen-bond donors (Lipinski definition) is 1. The number of benzene rings is 1. The van der Waals surface area contributed by atoms with Crippen molar-refractivity contribution in [2.75, 3.05) is 5.32 Å². The van der Waals surface area contributed by atoms with E-state index >= 15 is 0 Å². The van der Waals surface area contributed by atoms with Crippen molar-refractivity contribution in [1.29, 1.82) is 0 Å². The lowest BCUT2D eigenvalue weighted by Crippen LogP contribution is -2.33. The highest BCUT2D eigenvalue weighted by atomic mass is 19.1. The lowest BCUT2D eigenvalue weighted by Gasteiger charge is -2.13. The van der Waals surface area contributed by atoms with Crippen molar-refractivity contribution >= 4 is 11.8 Å². The highest BCUT2D eigenvalue weighted by molar-refractivity contribution is 5.92. The Morgan fingerprint density at radius 2 is 1.96 bits per heavy atom. The molecule has 1 amide bonds. The Morgan fingerprint density at radius 3 is 2.60 bits per heavy atom. The van der Waals surface area contributed by atoms with Gasteiger partial charge in [0.15, 0.2) is 0 Å². The Hall–Kier alpha value is -3.29. The van der Waals surface area contributed by atoms with E-state index in [4.69, 9.17) is 4.52 Å². The topological polar surface area (TPSA) is 90.0 Å². The van der Waals surface area contributed by atoms with Crippen LogP contribution in [0.3, 0.4) is 0 Å². The van der Waals surface area contributed by atoms with Crippen LogP contribution in [0.4, 0.5) is 10.3 Å². The number of halogens is 1. The Kier molecular flexibility index (Phi) is 4.42. The fourth-order valence-electron chi connectivity index (χ4n) is 2.24. The van der Waals surface area contributed by atoms with Crippen molar-refractivity contribution in [3.05, 3.63) is 64.3 Å². The van der Waals surface area contributed by atoms with E-state index in [1.54, 1.807) is 32.0 Å². The number of aryl methyl sites for hydroxylation is 1. The second-order valence-corrected chi connectivity index (χ2v) is 5.51. The molecular weight excluding hydrogens is 327 g/mol. The third-order valence-corrected chi connectivity index (χ3v) is 3.59. The standard InChI is InChI=1S/C17H15FN4O3/c1-10-9-15(25-21-10)19-17(24)11(2)22-16(23)8-7-14(20-22)12-3-5-13(18)6-4-12/h3-9,11H,1-2H3,(H,19,24). The molecule has 8 heteroatoms. The van der Waals surface area contributed by atoms with E-state index in [1.807, 2.05) is 0 Å². The van der Waals surface area contributed by atoms with E-state index in [0.717, 1.165) is 4.68 Å². The van der Waals surface area contributed by atoms with Gasteiger partial charge in [0.1, 0.15) is 11.9 Å². The minimum absolute atomic E-state index is 0.192. The lowest BCUT2D eigenvalue weighted by molar-refractivity contribution is -0.119. The number of carbonyl (C=O) groups is 1. The molecule has 7 nitrogen and oxygen atoms in total. The van der Waals surface area contributed by atoms with Crippen molar-refractivity contribution in [3.63, 3.8) is 0 Å². The third-order valence-electron chi connectivity index (χ3n) is 3.59. The fraction of sp³-hybridized carbons (Fsp3) is 0.176. The monoisotopic (exact) mass is 342 g/mol. The van der Waals surface area contributed by atoms with Gasteiger partial charge in [-0.05, 0) is 44.2 Å². The van der Waals surface area contributed by atoms with Gasteiger partial charge in [0.2, 0.25) is 5.88 Å². The molecule has 3 rings (SSSR count). The Labute approximate surface area is 142 Å². The van der Waals surface area contributed by atoms with Crippen LogP contribution in [-0.2, 0) is 4.79 Å². The molecule has 1 N–H and O–H groups in total. The minimum Gasteiger partial charge on any atom is -0.338 e. The number of carbonyl (C=O) groups excluding carboxylic acids is 1.